The summed E-state index contributed by atoms with van der Waals surface area (Å²) < 4.78 is 8.04. The summed E-state index contributed by atoms with van der Waals surface area (Å²) in [6, 6.07) is 6.52. The normalized spacial score (nSPS) is 10.7. The van der Waals surface area contributed by atoms with Crippen LogP contribution in [-0.2, 0) is 13.6 Å². The van der Waals surface area contributed by atoms with Gasteiger partial charge in [-0.1, -0.05) is 0 Å². The Labute approximate surface area is 165 Å². The molecule has 0 atom stereocenters. The van der Waals surface area contributed by atoms with Gasteiger partial charge in [0.15, 0.2) is 0 Å². The molecule has 0 radical (unpaired) electrons. The molecule has 1 amide bonds. The van der Waals surface area contributed by atoms with Crippen molar-refractivity contribution in [3.8, 4) is 16.9 Å². The molecule has 8 heteroatoms. The third-order valence-corrected chi connectivity index (χ3v) is 5.15. The van der Waals surface area contributed by atoms with Crippen molar-refractivity contribution in [1.29, 1.82) is 0 Å². The van der Waals surface area contributed by atoms with E-state index in [9.17, 15) is 14.4 Å². The molecule has 3 rings (SSSR count). The highest BCUT2D eigenvalue weighted by Crippen LogP contribution is 2.24. The molecule has 0 bridgehead atoms. The second-order valence-electron chi connectivity index (χ2n) is 6.34. The third-order valence-electron chi connectivity index (χ3n) is 4.47. The molecule has 0 aliphatic rings. The Bertz CT molecular complexity index is 1110. The van der Waals surface area contributed by atoms with Gasteiger partial charge >= 0.3 is 0 Å². The third kappa shape index (κ3) is 4.07. The van der Waals surface area contributed by atoms with E-state index in [1.54, 1.807) is 17.7 Å². The van der Waals surface area contributed by atoms with Gasteiger partial charge in [0.05, 0.1) is 12.7 Å². The Kier molecular flexibility index (Phi) is 5.79. The van der Waals surface area contributed by atoms with Crippen molar-refractivity contribution in [3.63, 3.8) is 0 Å². The monoisotopic (exact) mass is 399 g/mol. The zero-order valence-corrected chi connectivity index (χ0v) is 16.7. The summed E-state index contributed by atoms with van der Waals surface area (Å²) in [5.41, 5.74) is 2.22. The lowest BCUT2D eigenvalue weighted by atomic mass is 10.0. The maximum Gasteiger partial charge on any atom is 0.254 e. The molecule has 0 saturated carbocycles. The van der Waals surface area contributed by atoms with E-state index in [1.807, 2.05) is 23.8 Å². The number of aromatic nitrogens is 2. The van der Waals surface area contributed by atoms with E-state index in [2.05, 4.69) is 5.32 Å². The highest BCUT2D eigenvalue weighted by atomic mass is 32.1. The number of rotatable bonds is 6. The number of hydrogen-bond donors (Lipinski definition) is 1. The van der Waals surface area contributed by atoms with Gasteiger partial charge in [-0.05, 0) is 35.4 Å². The van der Waals surface area contributed by atoms with Crippen molar-refractivity contribution >= 4 is 17.2 Å². The molecule has 0 unspecified atom stereocenters. The number of methoxy groups -OCH3 is 1. The van der Waals surface area contributed by atoms with Gasteiger partial charge in [-0.3, -0.25) is 14.4 Å². The number of nitrogens with one attached hydrogen (secondary N) is 1. The minimum absolute atomic E-state index is 0.182. The fourth-order valence-electron chi connectivity index (χ4n) is 2.95. The summed E-state index contributed by atoms with van der Waals surface area (Å²) >= 11 is 1.50. The highest BCUT2D eigenvalue weighted by Gasteiger charge is 2.15. The van der Waals surface area contributed by atoms with Crippen LogP contribution >= 0.6 is 11.3 Å². The first-order chi connectivity index (χ1) is 13.4. The number of nitrogens with zero attached hydrogens (tertiary/aromatic N) is 2. The Morgan fingerprint density at radius 1 is 1.21 bits per heavy atom. The number of aryl methyl sites for hydroxylation is 2. The number of thiophene rings is 1. The predicted octanol–water partition coefficient (Wildman–Crippen LogP) is 2.02. The molecule has 0 saturated heterocycles. The number of hydrogen-bond acceptors (Lipinski definition) is 5. The van der Waals surface area contributed by atoms with Crippen molar-refractivity contribution < 1.29 is 9.53 Å². The first-order valence-corrected chi connectivity index (χ1v) is 9.62. The van der Waals surface area contributed by atoms with Gasteiger partial charge in [-0.15, -0.1) is 0 Å². The molecule has 0 fully saturated rings. The zero-order valence-electron chi connectivity index (χ0n) is 15.9. The number of carbonyl (C=O) groups is 1. The molecule has 0 aromatic carbocycles. The first kappa shape index (κ1) is 19.6. The summed E-state index contributed by atoms with van der Waals surface area (Å²) in [5, 5.41) is 6.63. The minimum atomic E-state index is -0.295. The second-order valence-corrected chi connectivity index (χ2v) is 7.12. The largest absolute Gasteiger partial charge is 0.496 e. The predicted molar refractivity (Wildman–Crippen MR) is 109 cm³/mol. The number of pyridine rings is 2. The van der Waals surface area contributed by atoms with Crippen molar-refractivity contribution in [2.75, 3.05) is 13.7 Å². The fourth-order valence-corrected chi connectivity index (χ4v) is 3.60. The molecule has 0 aliphatic heterocycles. The van der Waals surface area contributed by atoms with Crippen LogP contribution in [0.2, 0.25) is 0 Å². The van der Waals surface area contributed by atoms with Crippen LogP contribution in [-0.4, -0.2) is 28.7 Å². The number of amides is 1. The van der Waals surface area contributed by atoms with Crippen LogP contribution in [0.4, 0.5) is 0 Å². The second kappa shape index (κ2) is 8.26. The van der Waals surface area contributed by atoms with E-state index in [4.69, 9.17) is 4.74 Å². The van der Waals surface area contributed by atoms with Crippen molar-refractivity contribution in [2.24, 2.45) is 7.05 Å². The van der Waals surface area contributed by atoms with E-state index in [0.29, 0.717) is 23.4 Å². The van der Waals surface area contributed by atoms with Crippen LogP contribution in [0, 0.1) is 6.92 Å². The van der Waals surface area contributed by atoms with Crippen LogP contribution in [0.5, 0.6) is 5.75 Å². The summed E-state index contributed by atoms with van der Waals surface area (Å²) in [7, 11) is 3.12. The maximum absolute atomic E-state index is 12.8. The van der Waals surface area contributed by atoms with Gasteiger partial charge in [-0.2, -0.15) is 11.3 Å². The average molecular weight is 399 g/mol. The van der Waals surface area contributed by atoms with Crippen LogP contribution < -0.4 is 21.2 Å². The molecule has 3 aromatic heterocycles. The van der Waals surface area contributed by atoms with E-state index in [0.717, 1.165) is 11.3 Å². The molecule has 146 valence electrons. The van der Waals surface area contributed by atoms with Gasteiger partial charge in [0.25, 0.3) is 17.0 Å². The molecule has 3 aromatic rings. The number of ether oxygens (including phenoxy) is 1. The van der Waals surface area contributed by atoms with Crippen molar-refractivity contribution in [2.45, 2.75) is 13.5 Å². The first-order valence-electron chi connectivity index (χ1n) is 8.67. The highest BCUT2D eigenvalue weighted by molar-refractivity contribution is 7.08. The topological polar surface area (TPSA) is 82.3 Å². The standard InChI is InChI=1S/C20H21N3O4S/c1-13-8-15(27-3)9-19(25)23(13)6-5-21-20(26)17-11-22(2)18(24)10-16(17)14-4-7-28-12-14/h4,7-12H,5-6H2,1-3H3,(H,21,26). The Balaban J connectivity index is 1.79. The molecule has 3 heterocycles. The van der Waals surface area contributed by atoms with Gasteiger partial charge in [0, 0.05) is 49.7 Å². The summed E-state index contributed by atoms with van der Waals surface area (Å²) in [6.45, 7) is 2.42. The Morgan fingerprint density at radius 3 is 2.64 bits per heavy atom. The van der Waals surface area contributed by atoms with Crippen LogP contribution in [0.3, 0.4) is 0 Å². The van der Waals surface area contributed by atoms with E-state index in [1.165, 1.54) is 41.3 Å². The maximum atomic E-state index is 12.8. The van der Waals surface area contributed by atoms with Gasteiger partial charge in [0.1, 0.15) is 5.75 Å². The smallest absolute Gasteiger partial charge is 0.254 e. The van der Waals surface area contributed by atoms with E-state index in [-0.39, 0.29) is 23.6 Å². The minimum Gasteiger partial charge on any atom is -0.496 e. The molecular formula is C20H21N3O4S. The van der Waals surface area contributed by atoms with Crippen molar-refractivity contribution in [3.05, 3.63) is 73.2 Å². The molecule has 0 aliphatic carbocycles. The van der Waals surface area contributed by atoms with Crippen LogP contribution in [0.15, 0.2) is 50.8 Å². The number of carbonyl (C=O) groups excluding carboxylic acids is 1. The quantitative estimate of drug-likeness (QED) is 0.688. The average Bonchev–Trinajstić information content (AvgIpc) is 3.20. The molecule has 28 heavy (non-hydrogen) atoms. The van der Waals surface area contributed by atoms with Gasteiger partial charge in [0.2, 0.25) is 0 Å². The summed E-state index contributed by atoms with van der Waals surface area (Å²) in [5.74, 6) is 0.212. The Morgan fingerprint density at radius 2 is 2.00 bits per heavy atom. The van der Waals surface area contributed by atoms with E-state index < -0.39 is 0 Å². The lowest BCUT2D eigenvalue weighted by Crippen LogP contribution is -2.32. The van der Waals surface area contributed by atoms with E-state index >= 15 is 0 Å². The van der Waals surface area contributed by atoms with Gasteiger partial charge in [-0.25, -0.2) is 0 Å². The van der Waals surface area contributed by atoms with Crippen molar-refractivity contribution in [1.82, 2.24) is 14.5 Å². The lowest BCUT2D eigenvalue weighted by Gasteiger charge is -2.13. The lowest BCUT2D eigenvalue weighted by molar-refractivity contribution is 0.0952. The molecule has 1 N–H and O–H groups in total. The fraction of sp³-hybridized carbons (Fsp3) is 0.250. The SMILES string of the molecule is COc1cc(C)n(CCNC(=O)c2cn(C)c(=O)cc2-c2ccsc2)c(=O)c1. The zero-order chi connectivity index (χ0) is 20.3. The summed E-state index contributed by atoms with van der Waals surface area (Å²) in [6.07, 6.45) is 1.54. The van der Waals surface area contributed by atoms with Gasteiger partial charge < -0.3 is 19.2 Å². The molecular weight excluding hydrogens is 378 g/mol. The Hall–Kier alpha value is -3.13. The van der Waals surface area contributed by atoms with Crippen LogP contribution in [0.25, 0.3) is 11.1 Å². The molecule has 7 nitrogen and oxygen atoms in total. The summed E-state index contributed by atoms with van der Waals surface area (Å²) in [4.78, 5) is 37.0. The van der Waals surface area contributed by atoms with Crippen LogP contribution in [0.1, 0.15) is 16.1 Å². The molecule has 0 spiro atoms.